The Morgan fingerprint density at radius 2 is 2.05 bits per heavy atom. The van der Waals surface area contributed by atoms with Crippen LogP contribution in [-0.4, -0.2) is 27.1 Å². The smallest absolute Gasteiger partial charge is 0.113 e. The fourth-order valence-corrected chi connectivity index (χ4v) is 2.07. The van der Waals surface area contributed by atoms with Gasteiger partial charge in [-0.05, 0) is 35.7 Å². The first-order chi connectivity index (χ1) is 10.4. The molecule has 0 amide bonds. The van der Waals surface area contributed by atoms with Crippen LogP contribution in [0.4, 0.5) is 4.39 Å². The largest absolute Gasteiger partial charge is 0.250 e. The third-order valence-electron chi connectivity index (χ3n) is 3.23. The van der Waals surface area contributed by atoms with Crippen molar-refractivity contribution in [1.82, 2.24) is 20.4 Å². The van der Waals surface area contributed by atoms with E-state index >= 15 is 0 Å². The molecule has 2 aromatic heterocycles. The summed E-state index contributed by atoms with van der Waals surface area (Å²) >= 11 is 0. The first-order valence-corrected chi connectivity index (χ1v) is 6.63. The molecule has 3 aromatic rings. The highest BCUT2D eigenvalue weighted by Crippen LogP contribution is 2.22. The number of aromatic nitrogens is 4. The number of pyridine rings is 1. The standard InChI is InChI=1S/C16H13FN4/c17-11-13(4-3-6-14-5-1-2-9-18-14)12-7-8-15-16(10-12)20-21-19-15/h1-2,5,7-10,13H,4,11H2,(H,19,20,21). The Hall–Kier alpha value is -2.74. The van der Waals surface area contributed by atoms with Crippen LogP contribution in [0.3, 0.4) is 0 Å². The lowest BCUT2D eigenvalue weighted by Crippen LogP contribution is -2.00. The molecule has 3 rings (SSSR count). The Balaban J connectivity index is 1.77. The number of aromatic amines is 1. The topological polar surface area (TPSA) is 54.5 Å². The molecule has 4 nitrogen and oxygen atoms in total. The van der Waals surface area contributed by atoms with Crippen molar-refractivity contribution in [2.45, 2.75) is 12.3 Å². The number of H-pyrrole nitrogens is 1. The number of alkyl halides is 1. The summed E-state index contributed by atoms with van der Waals surface area (Å²) in [7, 11) is 0. The number of nitrogens with one attached hydrogen (secondary N) is 1. The number of nitrogens with zero attached hydrogens (tertiary/aromatic N) is 3. The molecule has 1 atom stereocenters. The van der Waals surface area contributed by atoms with Gasteiger partial charge in [0.1, 0.15) is 16.7 Å². The second kappa shape index (κ2) is 6.14. The molecule has 21 heavy (non-hydrogen) atoms. The average molecular weight is 280 g/mol. The molecular weight excluding hydrogens is 267 g/mol. The van der Waals surface area contributed by atoms with E-state index in [-0.39, 0.29) is 5.92 Å². The molecule has 0 radical (unpaired) electrons. The highest BCUT2D eigenvalue weighted by atomic mass is 19.1. The van der Waals surface area contributed by atoms with Crippen LogP contribution >= 0.6 is 0 Å². The molecule has 0 fully saturated rings. The van der Waals surface area contributed by atoms with Crippen molar-refractivity contribution in [3.63, 3.8) is 0 Å². The summed E-state index contributed by atoms with van der Waals surface area (Å²) in [5.74, 6) is 5.68. The second-order valence-electron chi connectivity index (χ2n) is 4.64. The van der Waals surface area contributed by atoms with Crippen molar-refractivity contribution < 1.29 is 4.39 Å². The molecule has 1 aromatic carbocycles. The van der Waals surface area contributed by atoms with Crippen LogP contribution in [0, 0.1) is 11.8 Å². The van der Waals surface area contributed by atoms with Gasteiger partial charge in [0.05, 0.1) is 6.67 Å². The molecule has 0 saturated carbocycles. The molecule has 0 aliphatic rings. The van der Waals surface area contributed by atoms with E-state index < -0.39 is 6.67 Å². The molecule has 5 heteroatoms. The van der Waals surface area contributed by atoms with Crippen LogP contribution < -0.4 is 0 Å². The van der Waals surface area contributed by atoms with Crippen molar-refractivity contribution >= 4 is 11.0 Å². The van der Waals surface area contributed by atoms with Crippen LogP contribution in [0.1, 0.15) is 23.6 Å². The van der Waals surface area contributed by atoms with E-state index in [1.807, 2.05) is 36.4 Å². The number of fused-ring (bicyclic) bond motifs is 1. The summed E-state index contributed by atoms with van der Waals surface area (Å²) in [6.45, 7) is -0.458. The van der Waals surface area contributed by atoms with E-state index in [1.165, 1.54) is 0 Å². The minimum atomic E-state index is -0.458. The summed E-state index contributed by atoms with van der Waals surface area (Å²) in [4.78, 5) is 4.12. The van der Waals surface area contributed by atoms with Gasteiger partial charge in [0.15, 0.2) is 0 Å². The van der Waals surface area contributed by atoms with Gasteiger partial charge in [-0.1, -0.05) is 18.1 Å². The minimum absolute atomic E-state index is 0.262. The Morgan fingerprint density at radius 3 is 2.86 bits per heavy atom. The van der Waals surface area contributed by atoms with E-state index in [9.17, 15) is 4.39 Å². The number of hydrogen-bond donors (Lipinski definition) is 1. The highest BCUT2D eigenvalue weighted by Gasteiger charge is 2.11. The number of hydrogen-bond acceptors (Lipinski definition) is 3. The predicted molar refractivity (Wildman–Crippen MR) is 78.3 cm³/mol. The third-order valence-corrected chi connectivity index (χ3v) is 3.23. The van der Waals surface area contributed by atoms with Crippen LogP contribution in [0.2, 0.25) is 0 Å². The molecule has 104 valence electrons. The van der Waals surface area contributed by atoms with Gasteiger partial charge in [-0.15, -0.1) is 0 Å². The lowest BCUT2D eigenvalue weighted by atomic mass is 9.97. The van der Waals surface area contributed by atoms with Crippen molar-refractivity contribution in [2.24, 2.45) is 0 Å². The molecule has 0 bridgehead atoms. The first-order valence-electron chi connectivity index (χ1n) is 6.63. The monoisotopic (exact) mass is 280 g/mol. The molecular formula is C16H13FN4. The van der Waals surface area contributed by atoms with Crippen LogP contribution in [-0.2, 0) is 0 Å². The molecule has 1 unspecified atom stereocenters. The average Bonchev–Trinajstić information content (AvgIpc) is 3.00. The zero-order chi connectivity index (χ0) is 14.5. The lowest BCUT2D eigenvalue weighted by Gasteiger charge is -2.09. The number of benzene rings is 1. The Bertz CT molecular complexity index is 786. The maximum Gasteiger partial charge on any atom is 0.113 e. The molecule has 2 heterocycles. The molecule has 1 N–H and O–H groups in total. The van der Waals surface area contributed by atoms with Gasteiger partial charge in [0, 0.05) is 18.5 Å². The van der Waals surface area contributed by atoms with Gasteiger partial charge < -0.3 is 0 Å². The lowest BCUT2D eigenvalue weighted by molar-refractivity contribution is 0.434. The summed E-state index contributed by atoms with van der Waals surface area (Å²) in [6.07, 6.45) is 2.13. The Morgan fingerprint density at radius 1 is 1.14 bits per heavy atom. The quantitative estimate of drug-likeness (QED) is 0.751. The van der Waals surface area contributed by atoms with Gasteiger partial charge in [-0.2, -0.15) is 15.4 Å². The minimum Gasteiger partial charge on any atom is -0.250 e. The van der Waals surface area contributed by atoms with Gasteiger partial charge in [0.2, 0.25) is 0 Å². The zero-order valence-corrected chi connectivity index (χ0v) is 11.3. The Labute approximate surface area is 121 Å². The van der Waals surface area contributed by atoms with Crippen LogP contribution in [0.5, 0.6) is 0 Å². The van der Waals surface area contributed by atoms with E-state index in [4.69, 9.17) is 0 Å². The molecule has 0 aliphatic carbocycles. The normalized spacial score (nSPS) is 11.9. The summed E-state index contributed by atoms with van der Waals surface area (Å²) in [6, 6.07) is 11.1. The molecule has 0 aliphatic heterocycles. The van der Waals surface area contributed by atoms with Crippen LogP contribution in [0.15, 0.2) is 42.6 Å². The third kappa shape index (κ3) is 3.06. The fraction of sp³-hybridized carbons (Fsp3) is 0.188. The van der Waals surface area contributed by atoms with Gasteiger partial charge >= 0.3 is 0 Å². The second-order valence-corrected chi connectivity index (χ2v) is 4.64. The Kier molecular flexibility index (Phi) is 3.88. The zero-order valence-electron chi connectivity index (χ0n) is 11.3. The fourth-order valence-electron chi connectivity index (χ4n) is 2.07. The van der Waals surface area contributed by atoms with Crippen molar-refractivity contribution in [3.05, 3.63) is 53.9 Å². The maximum atomic E-state index is 13.3. The highest BCUT2D eigenvalue weighted by molar-refractivity contribution is 5.74. The maximum absolute atomic E-state index is 13.3. The predicted octanol–water partition coefficient (Wildman–Crippen LogP) is 2.85. The number of halogens is 1. The van der Waals surface area contributed by atoms with E-state index in [0.29, 0.717) is 12.1 Å². The van der Waals surface area contributed by atoms with Crippen LogP contribution in [0.25, 0.3) is 11.0 Å². The van der Waals surface area contributed by atoms with E-state index in [1.54, 1.807) is 6.20 Å². The molecule has 0 saturated heterocycles. The summed E-state index contributed by atoms with van der Waals surface area (Å²) in [5.41, 5.74) is 3.09. The van der Waals surface area contributed by atoms with E-state index in [2.05, 4.69) is 32.2 Å². The summed E-state index contributed by atoms with van der Waals surface area (Å²) in [5, 5.41) is 10.6. The SMILES string of the molecule is FCC(CC#Cc1ccccn1)c1ccc2n[nH]nc2c1. The van der Waals surface area contributed by atoms with Gasteiger partial charge in [0.25, 0.3) is 0 Å². The number of rotatable bonds is 3. The first kappa shape index (κ1) is 13.3. The van der Waals surface area contributed by atoms with Gasteiger partial charge in [-0.25, -0.2) is 4.98 Å². The van der Waals surface area contributed by atoms with Crippen molar-refractivity contribution in [2.75, 3.05) is 6.67 Å². The van der Waals surface area contributed by atoms with Gasteiger partial charge in [-0.3, -0.25) is 4.39 Å². The van der Waals surface area contributed by atoms with Crippen molar-refractivity contribution in [3.8, 4) is 11.8 Å². The van der Waals surface area contributed by atoms with Crippen molar-refractivity contribution in [1.29, 1.82) is 0 Å². The molecule has 0 spiro atoms. The summed E-state index contributed by atoms with van der Waals surface area (Å²) < 4.78 is 13.3. The van der Waals surface area contributed by atoms with E-state index in [0.717, 1.165) is 16.6 Å².